The van der Waals surface area contributed by atoms with E-state index in [0.717, 1.165) is 43.7 Å². The second-order valence-corrected chi connectivity index (χ2v) is 9.42. The predicted octanol–water partition coefficient (Wildman–Crippen LogP) is 3.40. The van der Waals surface area contributed by atoms with E-state index in [4.69, 9.17) is 12.2 Å². The average molecular weight is 413 g/mol. The number of nitrogens with zero attached hydrogens (tertiary/aromatic N) is 2. The molecule has 1 aliphatic heterocycles. The van der Waals surface area contributed by atoms with Gasteiger partial charge in [-0.05, 0) is 71.0 Å². The molecule has 2 N–H and O–H groups in total. The molecule has 27 heavy (non-hydrogen) atoms. The lowest BCUT2D eigenvalue weighted by Crippen LogP contribution is -2.36. The fourth-order valence-electron chi connectivity index (χ4n) is 3.29. The molecule has 152 valence electrons. The van der Waals surface area contributed by atoms with E-state index in [1.54, 1.807) is 16.4 Å². The van der Waals surface area contributed by atoms with E-state index in [1.807, 2.05) is 19.9 Å². The number of anilines is 2. The maximum atomic E-state index is 13.1. The van der Waals surface area contributed by atoms with Gasteiger partial charge in [0, 0.05) is 32.2 Å². The lowest BCUT2D eigenvalue weighted by molar-refractivity contribution is 0.346. The van der Waals surface area contributed by atoms with Crippen LogP contribution in [0.3, 0.4) is 0 Å². The monoisotopic (exact) mass is 412 g/mol. The second kappa shape index (κ2) is 9.71. The Balaban J connectivity index is 2.40. The zero-order valence-electron chi connectivity index (χ0n) is 16.8. The highest BCUT2D eigenvalue weighted by molar-refractivity contribution is 7.89. The first-order valence-corrected chi connectivity index (χ1v) is 11.6. The summed E-state index contributed by atoms with van der Waals surface area (Å²) in [6.45, 7) is 11.0. The zero-order valence-corrected chi connectivity index (χ0v) is 18.4. The van der Waals surface area contributed by atoms with Crippen molar-refractivity contribution in [2.24, 2.45) is 0 Å². The van der Waals surface area contributed by atoms with Crippen molar-refractivity contribution in [3.63, 3.8) is 0 Å². The molecule has 0 atom stereocenters. The van der Waals surface area contributed by atoms with Gasteiger partial charge in [-0.25, -0.2) is 8.42 Å². The van der Waals surface area contributed by atoms with Crippen LogP contribution in [-0.2, 0) is 10.0 Å². The predicted molar refractivity (Wildman–Crippen MR) is 117 cm³/mol. The molecule has 8 heteroatoms. The normalized spacial score (nSPS) is 15.6. The van der Waals surface area contributed by atoms with Gasteiger partial charge in [-0.15, -0.1) is 0 Å². The SMILES string of the molecule is CCN(CC)c1ccc(S(=O)(=O)N2CCCCC2)cc1NC(=S)NC(C)C. The number of hydrogen-bond acceptors (Lipinski definition) is 4. The van der Waals surface area contributed by atoms with Gasteiger partial charge in [0.1, 0.15) is 0 Å². The fraction of sp³-hybridized carbons (Fsp3) is 0.632. The molecule has 1 aliphatic rings. The lowest BCUT2D eigenvalue weighted by atomic mass is 10.2. The number of thiocarbonyl (C=S) groups is 1. The largest absolute Gasteiger partial charge is 0.370 e. The van der Waals surface area contributed by atoms with Gasteiger partial charge in [0.05, 0.1) is 16.3 Å². The van der Waals surface area contributed by atoms with Gasteiger partial charge in [0.2, 0.25) is 10.0 Å². The zero-order chi connectivity index (χ0) is 20.0. The first-order chi connectivity index (χ1) is 12.8. The Morgan fingerprint density at radius 1 is 1.19 bits per heavy atom. The molecule has 0 unspecified atom stereocenters. The molecule has 6 nitrogen and oxygen atoms in total. The van der Waals surface area contributed by atoms with Crippen molar-refractivity contribution in [2.45, 2.75) is 57.9 Å². The Bertz CT molecular complexity index is 740. The molecule has 0 aliphatic carbocycles. The first-order valence-electron chi connectivity index (χ1n) is 9.76. The highest BCUT2D eigenvalue weighted by atomic mass is 32.2. The third kappa shape index (κ3) is 5.56. The van der Waals surface area contributed by atoms with Gasteiger partial charge in [0.25, 0.3) is 0 Å². The van der Waals surface area contributed by atoms with Crippen LogP contribution in [0, 0.1) is 0 Å². The average Bonchev–Trinajstić information content (AvgIpc) is 2.63. The van der Waals surface area contributed by atoms with Crippen molar-refractivity contribution in [1.82, 2.24) is 9.62 Å². The Labute approximate surface area is 169 Å². The topological polar surface area (TPSA) is 64.7 Å². The van der Waals surface area contributed by atoms with Crippen LogP contribution in [0.5, 0.6) is 0 Å². The summed E-state index contributed by atoms with van der Waals surface area (Å²) in [7, 11) is -3.49. The van der Waals surface area contributed by atoms with Gasteiger partial charge in [-0.2, -0.15) is 4.31 Å². The van der Waals surface area contributed by atoms with Gasteiger partial charge in [-0.1, -0.05) is 6.42 Å². The fourth-order valence-corrected chi connectivity index (χ4v) is 5.18. The molecule has 0 saturated carbocycles. The second-order valence-electron chi connectivity index (χ2n) is 7.07. The molecule has 2 rings (SSSR count). The van der Waals surface area contributed by atoms with E-state index in [2.05, 4.69) is 29.4 Å². The molecule has 0 spiro atoms. The van der Waals surface area contributed by atoms with Crippen LogP contribution in [0.15, 0.2) is 23.1 Å². The van der Waals surface area contributed by atoms with Crippen LogP contribution < -0.4 is 15.5 Å². The first kappa shape index (κ1) is 21.9. The molecule has 0 aromatic heterocycles. The maximum Gasteiger partial charge on any atom is 0.243 e. The van der Waals surface area contributed by atoms with Crippen LogP contribution in [0.1, 0.15) is 47.0 Å². The van der Waals surface area contributed by atoms with Crippen molar-refractivity contribution in [3.8, 4) is 0 Å². The molecular formula is C19H32N4O2S2. The van der Waals surface area contributed by atoms with Gasteiger partial charge >= 0.3 is 0 Å². The molecule has 1 saturated heterocycles. The van der Waals surface area contributed by atoms with Gasteiger partial charge < -0.3 is 15.5 Å². The van der Waals surface area contributed by atoms with E-state index in [9.17, 15) is 8.42 Å². The lowest BCUT2D eigenvalue weighted by Gasteiger charge is -2.28. The van der Waals surface area contributed by atoms with E-state index in [0.29, 0.717) is 23.1 Å². The van der Waals surface area contributed by atoms with Crippen molar-refractivity contribution in [3.05, 3.63) is 18.2 Å². The van der Waals surface area contributed by atoms with E-state index in [-0.39, 0.29) is 6.04 Å². The molecule has 1 aromatic rings. The Morgan fingerprint density at radius 3 is 2.37 bits per heavy atom. The minimum atomic E-state index is -3.49. The number of rotatable bonds is 7. The highest BCUT2D eigenvalue weighted by Crippen LogP contribution is 2.31. The van der Waals surface area contributed by atoms with Crippen LogP contribution in [0.2, 0.25) is 0 Å². The van der Waals surface area contributed by atoms with Crippen LogP contribution in [-0.4, -0.2) is 50.1 Å². The summed E-state index contributed by atoms with van der Waals surface area (Å²) in [6, 6.07) is 5.50. The van der Waals surface area contributed by atoms with Crippen molar-refractivity contribution in [2.75, 3.05) is 36.4 Å². The van der Waals surface area contributed by atoms with Gasteiger partial charge in [-0.3, -0.25) is 0 Å². The molecule has 0 amide bonds. The van der Waals surface area contributed by atoms with E-state index in [1.165, 1.54) is 0 Å². The Morgan fingerprint density at radius 2 is 1.81 bits per heavy atom. The molecule has 0 bridgehead atoms. The quantitative estimate of drug-likeness (QED) is 0.669. The molecule has 0 radical (unpaired) electrons. The van der Waals surface area contributed by atoms with Crippen LogP contribution >= 0.6 is 12.2 Å². The summed E-state index contributed by atoms with van der Waals surface area (Å²) in [6.07, 6.45) is 2.93. The van der Waals surface area contributed by atoms with E-state index < -0.39 is 10.0 Å². The number of nitrogens with one attached hydrogen (secondary N) is 2. The summed E-state index contributed by atoms with van der Waals surface area (Å²) >= 11 is 5.39. The molecular weight excluding hydrogens is 380 g/mol. The Kier molecular flexibility index (Phi) is 7.88. The van der Waals surface area contributed by atoms with Crippen LogP contribution in [0.25, 0.3) is 0 Å². The standard InChI is InChI=1S/C19H32N4O2S2/c1-5-22(6-2)18-11-10-16(14-17(18)21-19(26)20-15(3)4)27(24,25)23-12-8-7-9-13-23/h10-11,14-15H,5-9,12-13H2,1-4H3,(H2,20,21,26). The Hall–Kier alpha value is -1.38. The van der Waals surface area contributed by atoms with Crippen LogP contribution in [0.4, 0.5) is 11.4 Å². The number of benzene rings is 1. The summed E-state index contributed by atoms with van der Waals surface area (Å²) in [5, 5.41) is 6.85. The smallest absolute Gasteiger partial charge is 0.243 e. The summed E-state index contributed by atoms with van der Waals surface area (Å²) in [4.78, 5) is 2.49. The minimum absolute atomic E-state index is 0.196. The molecule has 1 heterocycles. The van der Waals surface area contributed by atoms with Crippen molar-refractivity contribution in [1.29, 1.82) is 0 Å². The minimum Gasteiger partial charge on any atom is -0.370 e. The number of hydrogen-bond donors (Lipinski definition) is 2. The maximum absolute atomic E-state index is 13.1. The third-order valence-corrected chi connectivity index (χ3v) is 6.81. The van der Waals surface area contributed by atoms with Crippen molar-refractivity contribution < 1.29 is 8.42 Å². The summed E-state index contributed by atoms with van der Waals surface area (Å²) in [5.41, 5.74) is 1.67. The van der Waals surface area contributed by atoms with Crippen molar-refractivity contribution >= 4 is 38.7 Å². The third-order valence-electron chi connectivity index (χ3n) is 4.69. The van der Waals surface area contributed by atoms with Gasteiger partial charge in [0.15, 0.2) is 5.11 Å². The summed E-state index contributed by atoms with van der Waals surface area (Å²) in [5.74, 6) is 0. The highest BCUT2D eigenvalue weighted by Gasteiger charge is 2.27. The summed E-state index contributed by atoms with van der Waals surface area (Å²) < 4.78 is 27.7. The number of sulfonamides is 1. The van der Waals surface area contributed by atoms with E-state index >= 15 is 0 Å². The number of piperidine rings is 1. The molecule has 1 fully saturated rings. The molecule has 1 aromatic carbocycles.